The first-order valence-corrected chi connectivity index (χ1v) is 10.5. The molecule has 0 bridgehead atoms. The summed E-state index contributed by atoms with van der Waals surface area (Å²) >= 11 is 5.95. The maximum absolute atomic E-state index is 12.1. The van der Waals surface area contributed by atoms with Crippen LogP contribution in [0, 0.1) is 17.0 Å². The van der Waals surface area contributed by atoms with Gasteiger partial charge in [-0.2, -0.15) is 5.10 Å². The normalized spacial score (nSPS) is 14.8. The second-order valence-electron chi connectivity index (χ2n) is 7.60. The van der Waals surface area contributed by atoms with Crippen molar-refractivity contribution in [3.63, 3.8) is 0 Å². The van der Waals surface area contributed by atoms with E-state index < -0.39 is 4.92 Å². The lowest BCUT2D eigenvalue weighted by Crippen LogP contribution is -2.45. The molecule has 3 aromatic rings. The van der Waals surface area contributed by atoms with E-state index in [1.54, 1.807) is 24.3 Å². The van der Waals surface area contributed by atoms with Crippen molar-refractivity contribution in [3.05, 3.63) is 62.6 Å². The van der Waals surface area contributed by atoms with E-state index in [9.17, 15) is 10.1 Å². The highest BCUT2D eigenvalue weighted by molar-refractivity contribution is 6.30. The zero-order valence-corrected chi connectivity index (χ0v) is 18.5. The van der Waals surface area contributed by atoms with Crippen molar-refractivity contribution in [2.45, 2.75) is 6.92 Å². The van der Waals surface area contributed by atoms with Crippen LogP contribution in [0.25, 0.3) is 12.2 Å². The summed E-state index contributed by atoms with van der Waals surface area (Å²) in [6.07, 6.45) is 3.57. The van der Waals surface area contributed by atoms with Crippen LogP contribution in [0.3, 0.4) is 0 Å². The Hall–Kier alpha value is -3.50. The van der Waals surface area contributed by atoms with E-state index in [0.29, 0.717) is 35.6 Å². The van der Waals surface area contributed by atoms with E-state index in [-0.39, 0.29) is 11.5 Å². The zero-order chi connectivity index (χ0) is 22.7. The molecule has 4 rings (SSSR count). The Morgan fingerprint density at radius 3 is 2.50 bits per heavy atom. The Labute approximate surface area is 190 Å². The van der Waals surface area contributed by atoms with E-state index in [1.807, 2.05) is 37.1 Å². The first-order chi connectivity index (χ1) is 15.4. The van der Waals surface area contributed by atoms with Crippen LogP contribution < -0.4 is 10.2 Å². The molecular weight excluding hydrogens is 432 g/mol. The first kappa shape index (κ1) is 21.7. The van der Waals surface area contributed by atoms with Crippen molar-refractivity contribution in [1.82, 2.24) is 25.1 Å². The molecule has 0 amide bonds. The Kier molecular flexibility index (Phi) is 6.33. The largest absolute Gasteiger partial charge is 0.353 e. The number of H-pyrrole nitrogens is 1. The summed E-state index contributed by atoms with van der Waals surface area (Å²) in [6.45, 7) is 4.70. The van der Waals surface area contributed by atoms with Gasteiger partial charge < -0.3 is 15.1 Å². The number of hydrogen-bond acceptors (Lipinski definition) is 8. The van der Waals surface area contributed by atoms with Gasteiger partial charge in [0.05, 0.1) is 4.92 Å². The lowest BCUT2D eigenvalue weighted by molar-refractivity contribution is -0.383. The molecule has 11 heteroatoms. The lowest BCUT2D eigenvalue weighted by Gasteiger charge is -2.33. The minimum atomic E-state index is -0.442. The summed E-state index contributed by atoms with van der Waals surface area (Å²) < 4.78 is 0. The van der Waals surface area contributed by atoms with Crippen molar-refractivity contribution in [3.8, 4) is 0 Å². The summed E-state index contributed by atoms with van der Waals surface area (Å²) in [5.41, 5.74) is 1.57. The molecule has 3 heterocycles. The van der Waals surface area contributed by atoms with Crippen LogP contribution >= 0.6 is 11.6 Å². The van der Waals surface area contributed by atoms with Crippen LogP contribution in [0.2, 0.25) is 5.02 Å². The predicted molar refractivity (Wildman–Crippen MR) is 125 cm³/mol. The number of aromatic nitrogens is 4. The number of aryl methyl sites for hydroxylation is 1. The highest BCUT2D eigenvalue weighted by Gasteiger charge is 2.30. The van der Waals surface area contributed by atoms with Gasteiger partial charge in [0.1, 0.15) is 0 Å². The van der Waals surface area contributed by atoms with Crippen molar-refractivity contribution in [2.24, 2.45) is 0 Å². The average Bonchev–Trinajstić information content (AvgIpc) is 3.18. The van der Waals surface area contributed by atoms with Crippen LogP contribution in [-0.4, -0.2) is 63.2 Å². The van der Waals surface area contributed by atoms with Crippen molar-refractivity contribution >= 4 is 46.9 Å². The first-order valence-electron chi connectivity index (χ1n) is 10.1. The summed E-state index contributed by atoms with van der Waals surface area (Å²) in [5.74, 6) is 1.19. The smallest absolute Gasteiger partial charge is 0.348 e. The third-order valence-electron chi connectivity index (χ3n) is 5.12. The summed E-state index contributed by atoms with van der Waals surface area (Å²) in [7, 11) is 2.03. The molecular formula is C21H23ClN8O2. The van der Waals surface area contributed by atoms with Crippen LogP contribution in [0.4, 0.5) is 23.1 Å². The number of rotatable bonds is 6. The number of aromatic amines is 1. The molecule has 10 nitrogen and oxygen atoms in total. The third kappa shape index (κ3) is 5.04. The number of hydrogen-bond donors (Lipinski definition) is 2. The van der Waals surface area contributed by atoms with Crippen LogP contribution in [0.15, 0.2) is 30.3 Å². The highest BCUT2D eigenvalue weighted by Crippen LogP contribution is 2.35. The fourth-order valence-corrected chi connectivity index (χ4v) is 3.50. The van der Waals surface area contributed by atoms with Gasteiger partial charge in [0, 0.05) is 43.0 Å². The second kappa shape index (κ2) is 9.33. The molecule has 1 aromatic carbocycles. The third-order valence-corrected chi connectivity index (χ3v) is 5.37. The monoisotopic (exact) mass is 454 g/mol. The Morgan fingerprint density at radius 2 is 1.88 bits per heavy atom. The maximum Gasteiger partial charge on any atom is 0.353 e. The van der Waals surface area contributed by atoms with Gasteiger partial charge in [0.2, 0.25) is 11.6 Å². The molecule has 0 atom stereocenters. The van der Waals surface area contributed by atoms with Gasteiger partial charge in [0.15, 0.2) is 11.6 Å². The summed E-state index contributed by atoms with van der Waals surface area (Å²) in [6, 6.07) is 9.08. The number of nitrogens with one attached hydrogen (secondary N) is 2. The zero-order valence-electron chi connectivity index (χ0n) is 17.7. The number of nitro groups is 1. The van der Waals surface area contributed by atoms with Crippen LogP contribution in [-0.2, 0) is 0 Å². The number of anilines is 3. The standard InChI is InChI=1S/C21H23ClN8O2/c1-14-13-18(27-26-14)24-20-19(30(31)32)21(29-11-9-28(2)10-12-29)25-17(23-20)8-5-15-3-6-16(22)7-4-15/h3-8,13H,9-12H2,1-2H3,(H2,23,24,25,26,27)/b8-5+. The SMILES string of the molecule is Cc1cc(Nc2nc(/C=C/c3ccc(Cl)cc3)nc(N3CCN(C)CC3)c2[N+](=O)[O-])n[nH]1. The molecule has 0 spiro atoms. The van der Waals surface area contributed by atoms with Gasteiger partial charge in [-0.25, -0.2) is 9.97 Å². The van der Waals surface area contributed by atoms with Gasteiger partial charge in [-0.05, 0) is 37.7 Å². The molecule has 1 aliphatic rings. The molecule has 166 valence electrons. The minimum absolute atomic E-state index is 0.0983. The van der Waals surface area contributed by atoms with Gasteiger partial charge in [-0.15, -0.1) is 0 Å². The molecule has 32 heavy (non-hydrogen) atoms. The van der Waals surface area contributed by atoms with Crippen LogP contribution in [0.1, 0.15) is 17.1 Å². The van der Waals surface area contributed by atoms with Gasteiger partial charge in [-0.1, -0.05) is 29.8 Å². The second-order valence-corrected chi connectivity index (χ2v) is 8.03. The van der Waals surface area contributed by atoms with E-state index in [0.717, 1.165) is 24.3 Å². The van der Waals surface area contributed by atoms with E-state index in [2.05, 4.69) is 30.4 Å². The minimum Gasteiger partial charge on any atom is -0.348 e. The van der Waals surface area contributed by atoms with Crippen LogP contribution in [0.5, 0.6) is 0 Å². The van der Waals surface area contributed by atoms with Gasteiger partial charge in [-0.3, -0.25) is 15.2 Å². The van der Waals surface area contributed by atoms with Crippen molar-refractivity contribution in [2.75, 3.05) is 43.4 Å². The Morgan fingerprint density at radius 1 is 1.16 bits per heavy atom. The number of nitrogens with zero attached hydrogens (tertiary/aromatic N) is 6. The predicted octanol–water partition coefficient (Wildman–Crippen LogP) is 3.74. The van der Waals surface area contributed by atoms with Crippen molar-refractivity contribution < 1.29 is 4.92 Å². The van der Waals surface area contributed by atoms with Crippen molar-refractivity contribution in [1.29, 1.82) is 0 Å². The molecule has 2 aromatic heterocycles. The number of halogens is 1. The average molecular weight is 455 g/mol. The molecule has 1 aliphatic heterocycles. The summed E-state index contributed by atoms with van der Waals surface area (Å²) in [4.78, 5) is 24.7. The lowest BCUT2D eigenvalue weighted by atomic mass is 10.2. The molecule has 1 fully saturated rings. The van der Waals surface area contributed by atoms with E-state index in [1.165, 1.54) is 0 Å². The molecule has 1 saturated heterocycles. The van der Waals surface area contributed by atoms with Gasteiger partial charge >= 0.3 is 5.69 Å². The Balaban J connectivity index is 1.76. The highest BCUT2D eigenvalue weighted by atomic mass is 35.5. The number of likely N-dealkylation sites (N-methyl/N-ethyl adjacent to an activating group) is 1. The fraction of sp³-hybridized carbons (Fsp3) is 0.286. The quantitative estimate of drug-likeness (QED) is 0.427. The molecule has 2 N–H and O–H groups in total. The topological polar surface area (TPSA) is 116 Å². The van der Waals surface area contributed by atoms with E-state index in [4.69, 9.17) is 11.6 Å². The number of benzene rings is 1. The van der Waals surface area contributed by atoms with Gasteiger partial charge in [0.25, 0.3) is 0 Å². The molecule has 0 saturated carbocycles. The fourth-order valence-electron chi connectivity index (χ4n) is 3.38. The summed E-state index contributed by atoms with van der Waals surface area (Å²) in [5, 5.41) is 22.6. The maximum atomic E-state index is 12.1. The number of piperazine rings is 1. The molecule has 0 aliphatic carbocycles. The molecule has 0 radical (unpaired) electrons. The van der Waals surface area contributed by atoms with E-state index >= 15 is 0 Å². The Bertz CT molecular complexity index is 1140. The molecule has 0 unspecified atom stereocenters.